The van der Waals surface area contributed by atoms with Crippen LogP contribution in [0.3, 0.4) is 0 Å². The van der Waals surface area contributed by atoms with Gasteiger partial charge in [-0.15, -0.1) is 24.0 Å². The Morgan fingerprint density at radius 2 is 1.90 bits per heavy atom. The lowest BCUT2D eigenvalue weighted by Crippen LogP contribution is -2.57. The summed E-state index contributed by atoms with van der Waals surface area (Å²) in [5.41, 5.74) is 2.79. The van der Waals surface area contributed by atoms with E-state index >= 15 is 0 Å². The molecule has 4 rings (SSSR count). The van der Waals surface area contributed by atoms with Gasteiger partial charge in [-0.25, -0.2) is 4.99 Å². The number of halogens is 1. The lowest BCUT2D eigenvalue weighted by molar-refractivity contribution is -0.135. The van der Waals surface area contributed by atoms with E-state index in [0.29, 0.717) is 18.5 Å². The van der Waals surface area contributed by atoms with Gasteiger partial charge in [0.1, 0.15) is 6.54 Å². The molecule has 8 heteroatoms. The Hall–Kier alpha value is -1.84. The summed E-state index contributed by atoms with van der Waals surface area (Å²) in [5.74, 6) is 0.816. The van der Waals surface area contributed by atoms with Crippen LogP contribution in [0.1, 0.15) is 30.4 Å². The Morgan fingerprint density at radius 1 is 1.17 bits per heavy atom. The standard InChI is InChI=1S/C22H31N5O2.HI/c1-25(2)20(28)14-23-22(26-11-12-27(19-9-10-19)21(29)15-26)24-18-8-7-16-5-3-4-6-17(16)13-18;/h3-6,18-19H,7-15H2,1-2H3,(H,23,24);1H. The maximum atomic E-state index is 12.6. The molecule has 2 fully saturated rings. The fourth-order valence-electron chi connectivity index (χ4n) is 4.16. The van der Waals surface area contributed by atoms with Gasteiger partial charge in [-0.05, 0) is 43.2 Å². The lowest BCUT2D eigenvalue weighted by Gasteiger charge is -2.38. The fraction of sp³-hybridized carbons (Fsp3) is 0.591. The number of carbonyl (C=O) groups excluding carboxylic acids is 2. The maximum Gasteiger partial charge on any atom is 0.243 e. The first-order chi connectivity index (χ1) is 14.0. The summed E-state index contributed by atoms with van der Waals surface area (Å²) in [6, 6.07) is 9.27. The van der Waals surface area contributed by atoms with Gasteiger partial charge >= 0.3 is 0 Å². The Balaban J connectivity index is 0.00000256. The molecule has 164 valence electrons. The minimum Gasteiger partial charge on any atom is -0.353 e. The number of nitrogens with zero attached hydrogens (tertiary/aromatic N) is 4. The van der Waals surface area contributed by atoms with E-state index in [1.54, 1.807) is 19.0 Å². The largest absolute Gasteiger partial charge is 0.353 e. The zero-order valence-corrected chi connectivity index (χ0v) is 20.2. The number of piperazine rings is 1. The lowest BCUT2D eigenvalue weighted by atomic mass is 9.88. The molecule has 1 aromatic carbocycles. The molecule has 7 nitrogen and oxygen atoms in total. The molecule has 0 aromatic heterocycles. The number of fused-ring (bicyclic) bond motifs is 1. The summed E-state index contributed by atoms with van der Waals surface area (Å²) in [6.45, 7) is 1.92. The van der Waals surface area contributed by atoms with Gasteiger partial charge < -0.3 is 20.0 Å². The van der Waals surface area contributed by atoms with Crippen LogP contribution in [0.25, 0.3) is 0 Å². The van der Waals surface area contributed by atoms with Gasteiger partial charge in [0.15, 0.2) is 5.96 Å². The van der Waals surface area contributed by atoms with Gasteiger partial charge in [-0.1, -0.05) is 24.3 Å². The van der Waals surface area contributed by atoms with Gasteiger partial charge in [0.05, 0.1) is 6.54 Å². The summed E-state index contributed by atoms with van der Waals surface area (Å²) < 4.78 is 0. The zero-order chi connectivity index (χ0) is 20.4. The molecule has 0 radical (unpaired) electrons. The van der Waals surface area contributed by atoms with Gasteiger partial charge in [0, 0.05) is 39.3 Å². The molecule has 1 unspecified atom stereocenters. The number of carbonyl (C=O) groups is 2. The third-order valence-corrected chi connectivity index (χ3v) is 6.09. The van der Waals surface area contributed by atoms with Crippen molar-refractivity contribution >= 4 is 41.8 Å². The van der Waals surface area contributed by atoms with E-state index in [2.05, 4.69) is 34.6 Å². The average molecular weight is 525 g/mol. The van der Waals surface area contributed by atoms with E-state index in [1.165, 1.54) is 11.1 Å². The Morgan fingerprint density at radius 3 is 2.57 bits per heavy atom. The van der Waals surface area contributed by atoms with Crippen LogP contribution in [0.4, 0.5) is 0 Å². The van der Waals surface area contributed by atoms with Gasteiger partial charge in [-0.2, -0.15) is 0 Å². The predicted octanol–water partition coefficient (Wildman–Crippen LogP) is 1.50. The van der Waals surface area contributed by atoms with Crippen LogP contribution in [0.5, 0.6) is 0 Å². The molecule has 2 amide bonds. The van der Waals surface area contributed by atoms with Crippen molar-refractivity contribution in [2.75, 3.05) is 40.3 Å². The Kier molecular flexibility index (Phi) is 7.60. The van der Waals surface area contributed by atoms with Gasteiger partial charge in [0.2, 0.25) is 11.8 Å². The SMILES string of the molecule is CN(C)C(=O)CN=C(NC1CCc2ccccc2C1)N1CCN(C2CC2)C(=O)C1.I. The van der Waals surface area contributed by atoms with Crippen LogP contribution in [-0.2, 0) is 22.4 Å². The van der Waals surface area contributed by atoms with E-state index in [4.69, 9.17) is 0 Å². The summed E-state index contributed by atoms with van der Waals surface area (Å²) in [5, 5.41) is 3.58. The van der Waals surface area contributed by atoms with E-state index in [1.807, 2.05) is 9.80 Å². The maximum absolute atomic E-state index is 12.6. The van der Waals surface area contributed by atoms with E-state index in [-0.39, 0.29) is 48.4 Å². The van der Waals surface area contributed by atoms with E-state index in [0.717, 1.165) is 45.2 Å². The fourth-order valence-corrected chi connectivity index (χ4v) is 4.16. The average Bonchev–Trinajstić information content (AvgIpc) is 3.55. The van der Waals surface area contributed by atoms with Crippen LogP contribution in [0.2, 0.25) is 0 Å². The molecule has 1 atom stereocenters. The van der Waals surface area contributed by atoms with Crippen LogP contribution in [0, 0.1) is 0 Å². The summed E-state index contributed by atoms with van der Waals surface area (Å²) >= 11 is 0. The number of benzene rings is 1. The second-order valence-electron chi connectivity index (χ2n) is 8.52. The number of hydrogen-bond donors (Lipinski definition) is 1. The van der Waals surface area contributed by atoms with Crippen molar-refractivity contribution in [3.63, 3.8) is 0 Å². The van der Waals surface area contributed by atoms with Crippen molar-refractivity contribution < 1.29 is 9.59 Å². The number of hydrogen-bond acceptors (Lipinski definition) is 3. The summed E-state index contributed by atoms with van der Waals surface area (Å²) in [7, 11) is 3.47. The first-order valence-corrected chi connectivity index (χ1v) is 10.6. The number of nitrogens with one attached hydrogen (secondary N) is 1. The molecule has 30 heavy (non-hydrogen) atoms. The van der Waals surface area contributed by atoms with Crippen molar-refractivity contribution in [1.29, 1.82) is 0 Å². The van der Waals surface area contributed by atoms with E-state index in [9.17, 15) is 9.59 Å². The molecule has 0 bridgehead atoms. The molecule has 1 saturated carbocycles. The van der Waals surface area contributed by atoms with Crippen LogP contribution in [-0.4, -0.2) is 84.8 Å². The van der Waals surface area contributed by atoms with Crippen LogP contribution in [0.15, 0.2) is 29.3 Å². The summed E-state index contributed by atoms with van der Waals surface area (Å²) in [4.78, 5) is 34.9. The van der Waals surface area contributed by atoms with Crippen molar-refractivity contribution in [3.05, 3.63) is 35.4 Å². The number of aliphatic imine (C=N–C) groups is 1. The molecule has 1 heterocycles. The normalized spacial score (nSPS) is 21.6. The van der Waals surface area contributed by atoms with Crippen molar-refractivity contribution in [2.24, 2.45) is 4.99 Å². The van der Waals surface area contributed by atoms with Gasteiger partial charge in [-0.3, -0.25) is 9.59 Å². The second-order valence-corrected chi connectivity index (χ2v) is 8.52. The minimum absolute atomic E-state index is 0. The number of guanidine groups is 1. The number of amides is 2. The first-order valence-electron chi connectivity index (χ1n) is 10.6. The third kappa shape index (κ3) is 5.44. The highest BCUT2D eigenvalue weighted by Gasteiger charge is 2.36. The molecule has 1 saturated heterocycles. The molecule has 3 aliphatic rings. The monoisotopic (exact) mass is 525 g/mol. The highest BCUT2D eigenvalue weighted by Crippen LogP contribution is 2.28. The smallest absolute Gasteiger partial charge is 0.243 e. The molecule has 2 aliphatic carbocycles. The van der Waals surface area contributed by atoms with Crippen LogP contribution < -0.4 is 5.32 Å². The van der Waals surface area contributed by atoms with Crippen molar-refractivity contribution in [3.8, 4) is 0 Å². The van der Waals surface area contributed by atoms with Crippen molar-refractivity contribution in [1.82, 2.24) is 20.0 Å². The third-order valence-electron chi connectivity index (χ3n) is 6.09. The Labute approximate surface area is 195 Å². The number of likely N-dealkylation sites (N-methyl/N-ethyl adjacent to an activating group) is 1. The van der Waals surface area contributed by atoms with E-state index < -0.39 is 0 Å². The Bertz CT molecular complexity index is 808. The molecular formula is C22H32IN5O2. The molecule has 1 aliphatic heterocycles. The number of rotatable bonds is 4. The zero-order valence-electron chi connectivity index (χ0n) is 17.8. The highest BCUT2D eigenvalue weighted by atomic mass is 127. The molecule has 1 N–H and O–H groups in total. The predicted molar refractivity (Wildman–Crippen MR) is 128 cm³/mol. The molecule has 0 spiro atoms. The van der Waals surface area contributed by atoms with Crippen molar-refractivity contribution in [2.45, 2.75) is 44.2 Å². The minimum atomic E-state index is -0.0405. The van der Waals surface area contributed by atoms with Gasteiger partial charge in [0.25, 0.3) is 0 Å². The topological polar surface area (TPSA) is 68.2 Å². The first kappa shape index (κ1) is 22.8. The molecule has 1 aromatic rings. The summed E-state index contributed by atoms with van der Waals surface area (Å²) in [6.07, 6.45) is 5.25. The highest BCUT2D eigenvalue weighted by molar-refractivity contribution is 14.0. The second kappa shape index (κ2) is 9.98. The quantitative estimate of drug-likeness (QED) is 0.368. The molecular weight excluding hydrogens is 493 g/mol. The number of aryl methyl sites for hydroxylation is 1. The van der Waals surface area contributed by atoms with Crippen LogP contribution >= 0.6 is 24.0 Å².